The topological polar surface area (TPSA) is 65.5 Å². The largest absolute Gasteiger partial charge is 0.356 e. The Morgan fingerprint density at radius 3 is 2.64 bits per heavy atom. The van der Waals surface area contributed by atoms with Gasteiger partial charge in [0.1, 0.15) is 0 Å². The zero-order valence-electron chi connectivity index (χ0n) is 16.1. The van der Waals surface area contributed by atoms with Gasteiger partial charge in [0.05, 0.1) is 18.5 Å². The van der Waals surface area contributed by atoms with E-state index in [9.17, 15) is 9.59 Å². The summed E-state index contributed by atoms with van der Waals surface area (Å²) in [6, 6.07) is 13.8. The van der Waals surface area contributed by atoms with Crippen molar-refractivity contribution in [2.24, 2.45) is 5.92 Å². The Morgan fingerprint density at radius 1 is 1.18 bits per heavy atom. The molecule has 0 saturated carbocycles. The summed E-state index contributed by atoms with van der Waals surface area (Å²) in [4.78, 5) is 34.1. The number of hydrogen-bond acceptors (Lipinski definition) is 4. The van der Waals surface area contributed by atoms with Gasteiger partial charge in [-0.15, -0.1) is 0 Å². The van der Waals surface area contributed by atoms with Crippen molar-refractivity contribution in [3.05, 3.63) is 66.0 Å². The molecule has 1 aromatic heterocycles. The third kappa shape index (κ3) is 3.64. The van der Waals surface area contributed by atoms with E-state index in [2.05, 4.69) is 15.2 Å². The van der Waals surface area contributed by atoms with Gasteiger partial charge in [-0.25, -0.2) is 0 Å². The van der Waals surface area contributed by atoms with Crippen LogP contribution in [0.1, 0.15) is 30.5 Å². The summed E-state index contributed by atoms with van der Waals surface area (Å²) in [7, 11) is 0. The number of carbonyl (C=O) groups excluding carboxylic acids is 2. The first kappa shape index (κ1) is 18.6. The first-order chi connectivity index (χ1) is 13.7. The van der Waals surface area contributed by atoms with Crippen molar-refractivity contribution < 1.29 is 9.59 Å². The van der Waals surface area contributed by atoms with Gasteiger partial charge in [0.15, 0.2) is 0 Å². The van der Waals surface area contributed by atoms with Crippen LogP contribution in [0.3, 0.4) is 0 Å². The van der Waals surface area contributed by atoms with E-state index in [1.54, 1.807) is 12.4 Å². The Morgan fingerprint density at radius 2 is 1.93 bits per heavy atom. The van der Waals surface area contributed by atoms with Gasteiger partial charge in [-0.3, -0.25) is 19.5 Å². The van der Waals surface area contributed by atoms with Crippen molar-refractivity contribution in [1.29, 1.82) is 0 Å². The minimum Gasteiger partial charge on any atom is -0.356 e. The van der Waals surface area contributed by atoms with E-state index in [-0.39, 0.29) is 29.8 Å². The predicted octanol–water partition coefficient (Wildman–Crippen LogP) is 1.99. The quantitative estimate of drug-likeness (QED) is 0.864. The summed E-state index contributed by atoms with van der Waals surface area (Å²) in [6.07, 6.45) is 4.25. The number of amides is 2. The molecular weight excluding hydrogens is 352 g/mol. The fourth-order valence-corrected chi connectivity index (χ4v) is 4.58. The number of rotatable bonds is 5. The molecule has 2 aromatic rings. The number of hydrogen-bond donors (Lipinski definition) is 1. The van der Waals surface area contributed by atoms with Crippen LogP contribution in [-0.4, -0.2) is 52.3 Å². The SMILES string of the molecule is CCNC(=O)[C@@H]1C[C@@H]2CN(Cc3ccncc3)CC(=O)N2[C@@H]1c1ccccc1. The number of nitrogens with zero attached hydrogens (tertiary/aromatic N) is 3. The number of piperazine rings is 1. The molecule has 0 bridgehead atoms. The number of aromatic nitrogens is 1. The van der Waals surface area contributed by atoms with Gasteiger partial charge in [0, 0.05) is 38.1 Å². The van der Waals surface area contributed by atoms with Crippen LogP contribution in [0.4, 0.5) is 0 Å². The molecule has 0 unspecified atom stereocenters. The fourth-order valence-electron chi connectivity index (χ4n) is 4.58. The van der Waals surface area contributed by atoms with E-state index in [4.69, 9.17) is 0 Å². The molecule has 2 fully saturated rings. The monoisotopic (exact) mass is 378 g/mol. The molecule has 28 heavy (non-hydrogen) atoms. The highest BCUT2D eigenvalue weighted by molar-refractivity contribution is 5.85. The highest BCUT2D eigenvalue weighted by atomic mass is 16.2. The predicted molar refractivity (Wildman–Crippen MR) is 106 cm³/mol. The lowest BCUT2D eigenvalue weighted by molar-refractivity contribution is -0.141. The maximum atomic E-state index is 13.1. The third-order valence-electron chi connectivity index (χ3n) is 5.70. The van der Waals surface area contributed by atoms with Crippen LogP contribution in [-0.2, 0) is 16.1 Å². The average Bonchev–Trinajstić information content (AvgIpc) is 3.10. The Kier molecular flexibility index (Phi) is 5.39. The molecule has 146 valence electrons. The summed E-state index contributed by atoms with van der Waals surface area (Å²) < 4.78 is 0. The molecule has 2 amide bonds. The minimum absolute atomic E-state index is 0.0410. The van der Waals surface area contributed by atoms with Gasteiger partial charge in [-0.05, 0) is 36.6 Å². The van der Waals surface area contributed by atoms with E-state index in [1.807, 2.05) is 54.3 Å². The first-order valence-corrected chi connectivity index (χ1v) is 9.92. The van der Waals surface area contributed by atoms with Crippen molar-refractivity contribution in [3.63, 3.8) is 0 Å². The second-order valence-electron chi connectivity index (χ2n) is 7.57. The Labute approximate surface area is 165 Å². The van der Waals surface area contributed by atoms with Crippen molar-refractivity contribution in [2.45, 2.75) is 32.0 Å². The Balaban J connectivity index is 1.58. The summed E-state index contributed by atoms with van der Waals surface area (Å²) in [5, 5.41) is 2.97. The van der Waals surface area contributed by atoms with Gasteiger partial charge in [-0.1, -0.05) is 30.3 Å². The number of pyridine rings is 1. The van der Waals surface area contributed by atoms with E-state index in [0.29, 0.717) is 19.5 Å². The van der Waals surface area contributed by atoms with Crippen LogP contribution >= 0.6 is 0 Å². The van der Waals surface area contributed by atoms with E-state index in [1.165, 1.54) is 0 Å². The zero-order valence-corrected chi connectivity index (χ0v) is 16.1. The molecule has 0 spiro atoms. The highest BCUT2D eigenvalue weighted by Gasteiger charge is 2.49. The van der Waals surface area contributed by atoms with Gasteiger partial charge < -0.3 is 10.2 Å². The third-order valence-corrected chi connectivity index (χ3v) is 5.70. The minimum atomic E-state index is -0.211. The van der Waals surface area contributed by atoms with E-state index < -0.39 is 0 Å². The van der Waals surface area contributed by atoms with E-state index in [0.717, 1.165) is 24.2 Å². The van der Waals surface area contributed by atoms with Crippen LogP contribution < -0.4 is 5.32 Å². The van der Waals surface area contributed by atoms with Gasteiger partial charge in [0.25, 0.3) is 0 Å². The molecular formula is C22H26N4O2. The van der Waals surface area contributed by atoms with Crippen molar-refractivity contribution in [1.82, 2.24) is 20.1 Å². The van der Waals surface area contributed by atoms with Gasteiger partial charge in [-0.2, -0.15) is 0 Å². The Bertz CT molecular complexity index is 827. The molecule has 6 nitrogen and oxygen atoms in total. The molecule has 0 aliphatic carbocycles. The Hall–Kier alpha value is -2.73. The first-order valence-electron chi connectivity index (χ1n) is 9.92. The second kappa shape index (κ2) is 8.10. The second-order valence-corrected chi connectivity index (χ2v) is 7.57. The van der Waals surface area contributed by atoms with Crippen molar-refractivity contribution in [3.8, 4) is 0 Å². The zero-order chi connectivity index (χ0) is 19.5. The molecule has 1 N–H and O–H groups in total. The summed E-state index contributed by atoms with van der Waals surface area (Å²) >= 11 is 0. The lowest BCUT2D eigenvalue weighted by Gasteiger charge is -2.40. The van der Waals surface area contributed by atoms with Crippen LogP contribution in [0.15, 0.2) is 54.9 Å². The van der Waals surface area contributed by atoms with Crippen LogP contribution in [0.2, 0.25) is 0 Å². The summed E-state index contributed by atoms with van der Waals surface area (Å²) in [5.74, 6) is -0.0673. The number of fused-ring (bicyclic) bond motifs is 1. The molecule has 3 atom stereocenters. The fraction of sp³-hybridized carbons (Fsp3) is 0.409. The van der Waals surface area contributed by atoms with Crippen LogP contribution in [0.25, 0.3) is 0 Å². The average molecular weight is 378 g/mol. The van der Waals surface area contributed by atoms with Crippen LogP contribution in [0.5, 0.6) is 0 Å². The maximum absolute atomic E-state index is 13.1. The number of carbonyl (C=O) groups is 2. The smallest absolute Gasteiger partial charge is 0.237 e. The number of nitrogens with one attached hydrogen (secondary N) is 1. The van der Waals surface area contributed by atoms with Crippen molar-refractivity contribution >= 4 is 11.8 Å². The van der Waals surface area contributed by atoms with Crippen LogP contribution in [0, 0.1) is 5.92 Å². The molecule has 2 aliphatic heterocycles. The lowest BCUT2D eigenvalue weighted by Crippen LogP contribution is -2.54. The molecule has 2 aliphatic rings. The molecule has 3 heterocycles. The standard InChI is InChI=1S/C22H26N4O2/c1-2-24-22(28)19-12-18-14-25(13-16-8-10-23-11-9-16)15-20(27)26(18)21(19)17-6-4-3-5-7-17/h3-11,18-19,21H,2,12-15H2,1H3,(H,24,28)/t18-,19-,21-/m1/s1. The molecule has 0 radical (unpaired) electrons. The highest BCUT2D eigenvalue weighted by Crippen LogP contribution is 2.43. The summed E-state index contributed by atoms with van der Waals surface area (Å²) in [5.41, 5.74) is 2.19. The molecule has 2 saturated heterocycles. The van der Waals surface area contributed by atoms with Crippen molar-refractivity contribution in [2.75, 3.05) is 19.6 Å². The maximum Gasteiger partial charge on any atom is 0.237 e. The van der Waals surface area contributed by atoms with Gasteiger partial charge >= 0.3 is 0 Å². The molecule has 6 heteroatoms. The normalized spacial score (nSPS) is 24.8. The molecule has 1 aromatic carbocycles. The van der Waals surface area contributed by atoms with E-state index >= 15 is 0 Å². The summed E-state index contributed by atoms with van der Waals surface area (Å²) in [6.45, 7) is 4.42. The lowest BCUT2D eigenvalue weighted by atomic mass is 9.92. The molecule has 4 rings (SSSR count). The van der Waals surface area contributed by atoms with Gasteiger partial charge in [0.2, 0.25) is 11.8 Å². The number of benzene rings is 1.